The molecule has 3 heteroatoms. The first kappa shape index (κ1) is 14.7. The number of aromatic amines is 1. The van der Waals surface area contributed by atoms with Crippen molar-refractivity contribution in [1.29, 1.82) is 0 Å². The van der Waals surface area contributed by atoms with Gasteiger partial charge in [-0.15, -0.1) is 11.3 Å². The lowest BCUT2D eigenvalue weighted by molar-refractivity contribution is 0.431. The molecule has 0 bridgehead atoms. The Labute approximate surface area is 147 Å². The Balaban J connectivity index is 1.48. The van der Waals surface area contributed by atoms with Gasteiger partial charge in [-0.1, -0.05) is 31.0 Å². The fourth-order valence-corrected chi connectivity index (χ4v) is 5.94. The highest BCUT2D eigenvalue weighted by atomic mass is 32.1. The van der Waals surface area contributed by atoms with Crippen LogP contribution in [-0.2, 0) is 19.3 Å². The van der Waals surface area contributed by atoms with Crippen molar-refractivity contribution in [3.8, 4) is 11.3 Å². The number of nitrogens with two attached hydrogens (primary N) is 1. The highest BCUT2D eigenvalue weighted by Crippen LogP contribution is 2.42. The van der Waals surface area contributed by atoms with Gasteiger partial charge < -0.3 is 10.7 Å². The Kier molecular flexibility index (Phi) is 3.53. The molecular weight excluding hydrogens is 312 g/mol. The van der Waals surface area contributed by atoms with Gasteiger partial charge >= 0.3 is 0 Å². The lowest BCUT2D eigenvalue weighted by Crippen LogP contribution is -2.30. The van der Waals surface area contributed by atoms with Crippen molar-refractivity contribution in [2.24, 2.45) is 11.7 Å². The quantitative estimate of drug-likeness (QED) is 0.690. The van der Waals surface area contributed by atoms with Crippen molar-refractivity contribution in [3.63, 3.8) is 0 Å². The van der Waals surface area contributed by atoms with Crippen LogP contribution in [-0.4, -0.2) is 11.0 Å². The lowest BCUT2D eigenvalue weighted by atomic mass is 9.93. The zero-order valence-corrected chi connectivity index (χ0v) is 14.8. The Morgan fingerprint density at radius 3 is 2.88 bits per heavy atom. The van der Waals surface area contributed by atoms with E-state index in [1.165, 1.54) is 64.7 Å². The fourth-order valence-electron chi connectivity index (χ4n) is 4.69. The average Bonchev–Trinajstić information content (AvgIpc) is 3.31. The zero-order chi connectivity index (χ0) is 16.1. The minimum atomic E-state index is 0.342. The number of para-hydroxylation sites is 1. The van der Waals surface area contributed by atoms with Gasteiger partial charge in [0, 0.05) is 32.3 Å². The van der Waals surface area contributed by atoms with Crippen molar-refractivity contribution in [1.82, 2.24) is 4.98 Å². The maximum Gasteiger partial charge on any atom is 0.0508 e. The van der Waals surface area contributed by atoms with Gasteiger partial charge in [0.25, 0.3) is 0 Å². The summed E-state index contributed by atoms with van der Waals surface area (Å²) >= 11 is 2.00. The Hall–Kier alpha value is -1.58. The second kappa shape index (κ2) is 5.75. The highest BCUT2D eigenvalue weighted by Gasteiger charge is 2.26. The smallest absolute Gasteiger partial charge is 0.0508 e. The number of hydrogen-bond acceptors (Lipinski definition) is 2. The van der Waals surface area contributed by atoms with Gasteiger partial charge in [-0.2, -0.15) is 0 Å². The summed E-state index contributed by atoms with van der Waals surface area (Å²) in [5.74, 6) is 0.743. The maximum atomic E-state index is 6.52. The second-order valence-electron chi connectivity index (χ2n) is 7.49. The van der Waals surface area contributed by atoms with Crippen molar-refractivity contribution in [3.05, 3.63) is 45.6 Å². The van der Waals surface area contributed by atoms with Crippen LogP contribution < -0.4 is 5.73 Å². The van der Waals surface area contributed by atoms with E-state index in [0.29, 0.717) is 6.04 Å². The van der Waals surface area contributed by atoms with Crippen LogP contribution in [0.2, 0.25) is 0 Å². The van der Waals surface area contributed by atoms with Crippen LogP contribution in [0.3, 0.4) is 0 Å². The summed E-state index contributed by atoms with van der Waals surface area (Å²) in [6.45, 7) is 0. The molecule has 2 aliphatic carbocycles. The summed E-state index contributed by atoms with van der Waals surface area (Å²) in [4.78, 5) is 6.69. The molecule has 2 aliphatic rings. The molecular formula is C21H24N2S. The zero-order valence-electron chi connectivity index (χ0n) is 14.0. The monoisotopic (exact) mass is 336 g/mol. The molecule has 3 N–H and O–H groups in total. The van der Waals surface area contributed by atoms with Crippen molar-refractivity contribution < 1.29 is 0 Å². The number of fused-ring (bicyclic) bond motifs is 5. The normalized spacial score (nSPS) is 18.7. The first-order chi connectivity index (χ1) is 11.8. The minimum Gasteiger partial charge on any atom is -0.354 e. The third kappa shape index (κ3) is 2.34. The summed E-state index contributed by atoms with van der Waals surface area (Å²) < 4.78 is 0. The molecule has 0 radical (unpaired) electrons. The molecule has 1 saturated carbocycles. The van der Waals surface area contributed by atoms with Crippen LogP contribution in [0.4, 0.5) is 0 Å². The molecule has 3 aromatic rings. The van der Waals surface area contributed by atoms with E-state index in [-0.39, 0.29) is 0 Å². The number of aryl methyl sites for hydroxylation is 2. The Morgan fingerprint density at radius 2 is 2.00 bits per heavy atom. The van der Waals surface area contributed by atoms with Crippen LogP contribution in [0.5, 0.6) is 0 Å². The molecule has 0 spiro atoms. The first-order valence-electron chi connectivity index (χ1n) is 9.27. The van der Waals surface area contributed by atoms with E-state index in [9.17, 15) is 0 Å². The number of rotatable bonds is 3. The summed E-state index contributed by atoms with van der Waals surface area (Å²) in [6.07, 6.45) is 8.79. The van der Waals surface area contributed by atoms with Crippen molar-refractivity contribution in [2.45, 2.75) is 51.0 Å². The van der Waals surface area contributed by atoms with E-state index < -0.39 is 0 Å². The van der Waals surface area contributed by atoms with E-state index in [1.54, 1.807) is 4.88 Å². The maximum absolute atomic E-state index is 6.52. The van der Waals surface area contributed by atoms with Crippen LogP contribution in [0, 0.1) is 5.92 Å². The molecule has 2 nitrogen and oxygen atoms in total. The summed E-state index contributed by atoms with van der Waals surface area (Å²) in [6, 6.07) is 11.5. The number of nitrogens with one attached hydrogen (secondary N) is 1. The molecule has 1 fully saturated rings. The molecule has 124 valence electrons. The molecule has 0 amide bonds. The molecule has 1 atom stereocenters. The van der Waals surface area contributed by atoms with Gasteiger partial charge in [-0.25, -0.2) is 0 Å². The van der Waals surface area contributed by atoms with Crippen molar-refractivity contribution >= 4 is 22.2 Å². The summed E-state index contributed by atoms with van der Waals surface area (Å²) in [5, 5.41) is 1.40. The molecule has 0 aliphatic heterocycles. The SMILES string of the molecule is NC(Cc1cc2c(s1)CCc1c-2[nH]c2ccccc12)C1CCCC1. The Morgan fingerprint density at radius 1 is 1.17 bits per heavy atom. The molecule has 24 heavy (non-hydrogen) atoms. The van der Waals surface area contributed by atoms with Gasteiger partial charge in [-0.05, 0) is 55.7 Å². The standard InChI is InChI=1S/C21H24N2S/c22-18(13-5-1-2-6-13)12-14-11-17-20(24-14)10-9-16-15-7-3-4-8-19(15)23-21(16)17/h3-4,7-8,11,13,18,23H,1-2,5-6,9-10,12,22H2. The average molecular weight is 337 g/mol. The number of H-pyrrole nitrogens is 1. The first-order valence-corrected chi connectivity index (χ1v) is 10.1. The van der Waals surface area contributed by atoms with Crippen LogP contribution in [0.15, 0.2) is 30.3 Å². The topological polar surface area (TPSA) is 41.8 Å². The molecule has 1 unspecified atom stereocenters. The van der Waals surface area contributed by atoms with Crippen molar-refractivity contribution in [2.75, 3.05) is 0 Å². The third-order valence-corrected chi connectivity index (χ3v) is 7.20. The van der Waals surface area contributed by atoms with Gasteiger partial charge in [0.05, 0.1) is 5.69 Å². The third-order valence-electron chi connectivity index (χ3n) is 5.99. The van der Waals surface area contributed by atoms with Crippen LogP contribution in [0.25, 0.3) is 22.2 Å². The highest BCUT2D eigenvalue weighted by molar-refractivity contribution is 7.12. The second-order valence-corrected chi connectivity index (χ2v) is 8.71. The van der Waals surface area contributed by atoms with E-state index in [2.05, 4.69) is 35.3 Å². The summed E-state index contributed by atoms with van der Waals surface area (Å²) in [7, 11) is 0. The van der Waals surface area contributed by atoms with Gasteiger partial charge in [0.2, 0.25) is 0 Å². The minimum absolute atomic E-state index is 0.342. The fraction of sp³-hybridized carbons (Fsp3) is 0.429. The summed E-state index contributed by atoms with van der Waals surface area (Å²) in [5.41, 5.74) is 12.1. The predicted molar refractivity (Wildman–Crippen MR) is 103 cm³/mol. The van der Waals surface area contributed by atoms with E-state index in [4.69, 9.17) is 5.73 Å². The van der Waals surface area contributed by atoms with Gasteiger partial charge in [0.15, 0.2) is 0 Å². The number of aromatic nitrogens is 1. The van der Waals surface area contributed by atoms with Gasteiger partial charge in [-0.3, -0.25) is 0 Å². The van der Waals surface area contributed by atoms with E-state index in [0.717, 1.165) is 18.8 Å². The molecule has 2 aromatic heterocycles. The molecule has 1 aromatic carbocycles. The van der Waals surface area contributed by atoms with E-state index >= 15 is 0 Å². The van der Waals surface area contributed by atoms with Crippen LogP contribution in [0.1, 0.15) is 41.0 Å². The predicted octanol–water partition coefficient (Wildman–Crippen LogP) is 5.06. The largest absolute Gasteiger partial charge is 0.354 e. The number of hydrogen-bond donors (Lipinski definition) is 2. The lowest BCUT2D eigenvalue weighted by Gasteiger charge is -2.17. The van der Waals surface area contributed by atoms with Gasteiger partial charge in [0.1, 0.15) is 0 Å². The van der Waals surface area contributed by atoms with Crippen LogP contribution >= 0.6 is 11.3 Å². The van der Waals surface area contributed by atoms with E-state index in [1.807, 2.05) is 11.3 Å². The Bertz CT molecular complexity index is 883. The molecule has 5 rings (SSSR count). The molecule has 2 heterocycles. The number of thiophene rings is 1. The number of benzene rings is 1. The molecule has 0 saturated heterocycles.